The maximum absolute atomic E-state index is 13.5. The summed E-state index contributed by atoms with van der Waals surface area (Å²) in [6, 6.07) is 13.9. The molecule has 2 saturated heterocycles. The van der Waals surface area contributed by atoms with Gasteiger partial charge in [0.25, 0.3) is 10.2 Å². The van der Waals surface area contributed by atoms with E-state index < -0.39 is 28.1 Å². The summed E-state index contributed by atoms with van der Waals surface area (Å²) >= 11 is 7.32. The Hall–Kier alpha value is -2.57. The van der Waals surface area contributed by atoms with Crippen LogP contribution in [-0.2, 0) is 26.3 Å². The van der Waals surface area contributed by atoms with Gasteiger partial charge in [0.1, 0.15) is 0 Å². The first-order valence-corrected chi connectivity index (χ1v) is 14.2. The summed E-state index contributed by atoms with van der Waals surface area (Å²) in [7, 11) is -2.58. The lowest BCUT2D eigenvalue weighted by molar-refractivity contribution is -0.122. The normalized spacial score (nSPS) is 22.5. The third-order valence-corrected chi connectivity index (χ3v) is 10.0. The van der Waals surface area contributed by atoms with Crippen LogP contribution >= 0.6 is 22.9 Å². The van der Waals surface area contributed by atoms with Crippen LogP contribution in [0.1, 0.15) is 18.9 Å². The van der Waals surface area contributed by atoms with Crippen molar-refractivity contribution in [3.8, 4) is 0 Å². The maximum Gasteiger partial charge on any atom is 0.282 e. The molecular weight excluding hydrogens is 522 g/mol. The van der Waals surface area contributed by atoms with Crippen LogP contribution < -0.4 is 10.2 Å². The van der Waals surface area contributed by atoms with E-state index in [2.05, 4.69) is 10.3 Å². The molecule has 5 rings (SSSR count). The van der Waals surface area contributed by atoms with E-state index in [1.54, 1.807) is 36.1 Å². The molecule has 1 aromatic heterocycles. The molecule has 2 amide bonds. The van der Waals surface area contributed by atoms with Gasteiger partial charge in [-0.1, -0.05) is 54.1 Å². The predicted octanol–water partition coefficient (Wildman–Crippen LogP) is 2.87. The molecule has 0 bridgehead atoms. The highest BCUT2D eigenvalue weighted by Gasteiger charge is 2.56. The van der Waals surface area contributed by atoms with Crippen molar-refractivity contribution in [2.24, 2.45) is 5.92 Å². The van der Waals surface area contributed by atoms with E-state index in [0.717, 1.165) is 20.1 Å². The van der Waals surface area contributed by atoms with Gasteiger partial charge < -0.3 is 5.32 Å². The van der Waals surface area contributed by atoms with Crippen LogP contribution in [0.15, 0.2) is 48.5 Å². The Bertz CT molecular complexity index is 1380. The predicted molar refractivity (Wildman–Crippen MR) is 140 cm³/mol. The van der Waals surface area contributed by atoms with Crippen LogP contribution in [0.3, 0.4) is 0 Å². The Labute approximate surface area is 218 Å². The van der Waals surface area contributed by atoms with Gasteiger partial charge in [-0.2, -0.15) is 17.0 Å². The summed E-state index contributed by atoms with van der Waals surface area (Å²) in [5.41, 5.74) is 1.67. The number of benzene rings is 2. The van der Waals surface area contributed by atoms with Gasteiger partial charge in [-0.3, -0.25) is 14.5 Å². The lowest BCUT2D eigenvalue weighted by Gasteiger charge is -2.29. The van der Waals surface area contributed by atoms with Gasteiger partial charge in [0.05, 0.1) is 34.8 Å². The monoisotopic (exact) mass is 547 g/mol. The van der Waals surface area contributed by atoms with E-state index in [9.17, 15) is 18.0 Å². The van der Waals surface area contributed by atoms with Crippen molar-refractivity contribution in [1.29, 1.82) is 0 Å². The number of carbonyl (C=O) groups is 2. The highest BCUT2D eigenvalue weighted by Crippen LogP contribution is 2.42. The van der Waals surface area contributed by atoms with Gasteiger partial charge in [-0.25, -0.2) is 4.98 Å². The Morgan fingerprint density at radius 3 is 2.67 bits per heavy atom. The molecule has 3 aromatic rings. The SMILES string of the molecule is C[C@@H]1C(=O)N(c2nc3ccccc3s2)[C@H]2CCN(S(=O)(=O)N(C)CC(=O)NCc3ccc(Cl)cc3)[C@H]12. The molecule has 0 spiro atoms. The topological polar surface area (TPSA) is 103 Å². The molecule has 190 valence electrons. The van der Waals surface area contributed by atoms with E-state index in [1.165, 1.54) is 22.7 Å². The molecular formula is C24H26ClN5O4S2. The first-order valence-electron chi connectivity index (χ1n) is 11.6. The fourth-order valence-corrected chi connectivity index (χ4v) is 7.72. The third-order valence-electron chi connectivity index (χ3n) is 6.79. The number of anilines is 1. The van der Waals surface area contributed by atoms with Crippen LogP contribution in [0.25, 0.3) is 10.2 Å². The quantitative estimate of drug-likeness (QED) is 0.490. The van der Waals surface area contributed by atoms with Gasteiger partial charge in [0.2, 0.25) is 11.8 Å². The van der Waals surface area contributed by atoms with Crippen molar-refractivity contribution >= 4 is 60.3 Å². The molecule has 2 aliphatic rings. The lowest BCUT2D eigenvalue weighted by atomic mass is 10.0. The molecule has 0 saturated carbocycles. The molecule has 2 aromatic carbocycles. The summed E-state index contributed by atoms with van der Waals surface area (Å²) in [6.45, 7) is 1.97. The lowest BCUT2D eigenvalue weighted by Crippen LogP contribution is -2.50. The van der Waals surface area contributed by atoms with Crippen molar-refractivity contribution in [3.63, 3.8) is 0 Å². The molecule has 36 heavy (non-hydrogen) atoms. The van der Waals surface area contributed by atoms with E-state index in [-0.39, 0.29) is 31.6 Å². The summed E-state index contributed by atoms with van der Waals surface area (Å²) < 4.78 is 30.3. The van der Waals surface area contributed by atoms with E-state index in [0.29, 0.717) is 16.6 Å². The average molecular weight is 548 g/mol. The van der Waals surface area contributed by atoms with Crippen LogP contribution in [-0.4, -0.2) is 66.0 Å². The number of amides is 2. The summed E-state index contributed by atoms with van der Waals surface area (Å²) in [6.07, 6.45) is 0.506. The number of likely N-dealkylation sites (N-methyl/N-ethyl adjacent to an activating group) is 1. The van der Waals surface area contributed by atoms with E-state index >= 15 is 0 Å². The van der Waals surface area contributed by atoms with Crippen molar-refractivity contribution in [2.45, 2.75) is 32.0 Å². The summed E-state index contributed by atoms with van der Waals surface area (Å²) in [4.78, 5) is 32.0. The minimum Gasteiger partial charge on any atom is -0.351 e. The highest BCUT2D eigenvalue weighted by molar-refractivity contribution is 7.86. The van der Waals surface area contributed by atoms with E-state index in [1.807, 2.05) is 24.3 Å². The second-order valence-corrected chi connectivity index (χ2v) is 12.5. The largest absolute Gasteiger partial charge is 0.351 e. The summed E-state index contributed by atoms with van der Waals surface area (Å²) in [5.74, 6) is -1.07. The zero-order chi connectivity index (χ0) is 25.6. The molecule has 9 nitrogen and oxygen atoms in total. The van der Waals surface area contributed by atoms with Crippen molar-refractivity contribution in [2.75, 3.05) is 25.0 Å². The van der Waals surface area contributed by atoms with Gasteiger partial charge >= 0.3 is 0 Å². The van der Waals surface area contributed by atoms with Gasteiger partial charge in [0.15, 0.2) is 5.13 Å². The fourth-order valence-electron chi connectivity index (χ4n) is 4.95. The van der Waals surface area contributed by atoms with Gasteiger partial charge in [-0.05, 0) is 36.2 Å². The first kappa shape index (κ1) is 25.1. The third kappa shape index (κ3) is 4.50. The number of aromatic nitrogens is 1. The van der Waals surface area contributed by atoms with Gasteiger partial charge in [0, 0.05) is 25.2 Å². The number of para-hydroxylation sites is 1. The average Bonchev–Trinajstić information content (AvgIpc) is 3.53. The Kier molecular flexibility index (Phi) is 6.77. The second-order valence-electron chi connectivity index (χ2n) is 9.09. The zero-order valence-corrected chi connectivity index (χ0v) is 22.2. The number of rotatable bonds is 7. The molecule has 0 aliphatic carbocycles. The van der Waals surface area contributed by atoms with Crippen molar-refractivity contribution in [3.05, 3.63) is 59.1 Å². The number of nitrogens with zero attached hydrogens (tertiary/aromatic N) is 4. The standard InChI is InChI=1S/C24H26ClN5O4S2/c1-15-22-19(30(23(15)32)24-27-18-5-3-4-6-20(18)35-24)11-12-29(22)36(33,34)28(2)14-21(31)26-13-16-7-9-17(25)10-8-16/h3-10,15,19,22H,11-14H2,1-2H3,(H,26,31)/t15-,19-,22+/m0/s1. The molecule has 12 heteroatoms. The minimum atomic E-state index is -3.97. The Morgan fingerprint density at radius 2 is 1.94 bits per heavy atom. The number of halogens is 1. The van der Waals surface area contributed by atoms with Gasteiger partial charge in [-0.15, -0.1) is 0 Å². The maximum atomic E-state index is 13.5. The van der Waals surface area contributed by atoms with Crippen LogP contribution in [0, 0.1) is 5.92 Å². The molecule has 2 fully saturated rings. The van der Waals surface area contributed by atoms with Crippen LogP contribution in [0.5, 0.6) is 0 Å². The number of fused-ring (bicyclic) bond motifs is 2. The second kappa shape index (κ2) is 9.71. The summed E-state index contributed by atoms with van der Waals surface area (Å²) in [5, 5.41) is 3.93. The minimum absolute atomic E-state index is 0.132. The highest BCUT2D eigenvalue weighted by atomic mass is 35.5. The smallest absolute Gasteiger partial charge is 0.282 e. The van der Waals surface area contributed by atoms with Crippen molar-refractivity contribution < 1.29 is 18.0 Å². The Balaban J connectivity index is 1.28. The zero-order valence-electron chi connectivity index (χ0n) is 19.8. The molecule has 0 unspecified atom stereocenters. The van der Waals surface area contributed by atoms with E-state index in [4.69, 9.17) is 11.6 Å². The fraction of sp³-hybridized carbons (Fsp3) is 0.375. The number of hydrogen-bond acceptors (Lipinski definition) is 6. The number of hydrogen-bond donors (Lipinski definition) is 1. The molecule has 3 atom stereocenters. The van der Waals surface area contributed by atoms with Crippen LogP contribution in [0.4, 0.5) is 5.13 Å². The molecule has 1 N–H and O–H groups in total. The Morgan fingerprint density at radius 1 is 1.22 bits per heavy atom. The molecule has 2 aliphatic heterocycles. The number of nitrogens with one attached hydrogen (secondary N) is 1. The molecule has 3 heterocycles. The van der Waals surface area contributed by atoms with Crippen LogP contribution in [0.2, 0.25) is 5.02 Å². The number of thiazole rings is 1. The molecule has 0 radical (unpaired) electrons. The van der Waals surface area contributed by atoms with Crippen molar-refractivity contribution in [1.82, 2.24) is 18.9 Å². The number of carbonyl (C=O) groups excluding carboxylic acids is 2. The first-order chi connectivity index (χ1) is 17.2.